The summed E-state index contributed by atoms with van der Waals surface area (Å²) >= 11 is 11.8. The normalized spacial score (nSPS) is 21.9. The highest BCUT2D eigenvalue weighted by Crippen LogP contribution is 2.23. The fraction of sp³-hybridized carbons (Fsp3) is 0.500. The van der Waals surface area contributed by atoms with Crippen molar-refractivity contribution in [1.29, 1.82) is 0 Å². The third-order valence-corrected chi connectivity index (χ3v) is 4.22. The van der Waals surface area contributed by atoms with Crippen molar-refractivity contribution in [2.75, 3.05) is 0 Å². The van der Waals surface area contributed by atoms with Crippen LogP contribution in [0.15, 0.2) is 18.2 Å². The molecule has 20 heavy (non-hydrogen) atoms. The SMILES string of the molecule is Cl.NC1CCC(NC(=O)Cc2ccc(Cl)c(Cl)c2)CC1. The van der Waals surface area contributed by atoms with Crippen molar-refractivity contribution in [3.8, 4) is 0 Å². The Morgan fingerprint density at radius 1 is 1.20 bits per heavy atom. The average Bonchev–Trinajstić information content (AvgIpc) is 2.37. The predicted octanol–water partition coefficient (Wildman–Crippen LogP) is 3.34. The lowest BCUT2D eigenvalue weighted by atomic mass is 9.91. The molecule has 0 bridgehead atoms. The van der Waals surface area contributed by atoms with E-state index in [-0.39, 0.29) is 24.4 Å². The highest BCUT2D eigenvalue weighted by Gasteiger charge is 2.20. The molecule has 112 valence electrons. The minimum atomic E-state index is 0. The maximum Gasteiger partial charge on any atom is 0.224 e. The summed E-state index contributed by atoms with van der Waals surface area (Å²) in [5, 5.41) is 4.04. The molecule has 0 heterocycles. The molecule has 1 aromatic carbocycles. The Labute approximate surface area is 135 Å². The Bertz CT molecular complexity index is 460. The van der Waals surface area contributed by atoms with Gasteiger partial charge in [0.25, 0.3) is 0 Å². The maximum atomic E-state index is 11.9. The van der Waals surface area contributed by atoms with Gasteiger partial charge >= 0.3 is 0 Å². The standard InChI is InChI=1S/C14H18Cl2N2O.ClH/c15-12-6-1-9(7-13(12)16)8-14(19)18-11-4-2-10(17)3-5-11;/h1,6-7,10-11H,2-5,8,17H2,(H,18,19);1H. The lowest BCUT2D eigenvalue weighted by Gasteiger charge is -2.26. The van der Waals surface area contributed by atoms with E-state index in [0.29, 0.717) is 22.5 Å². The molecule has 1 aliphatic carbocycles. The second-order valence-electron chi connectivity index (χ2n) is 5.10. The molecular weight excluding hydrogens is 319 g/mol. The van der Waals surface area contributed by atoms with E-state index in [0.717, 1.165) is 31.2 Å². The van der Waals surface area contributed by atoms with Crippen molar-refractivity contribution in [2.45, 2.75) is 44.2 Å². The molecule has 0 spiro atoms. The largest absolute Gasteiger partial charge is 0.353 e. The molecule has 1 fully saturated rings. The Morgan fingerprint density at radius 3 is 2.45 bits per heavy atom. The highest BCUT2D eigenvalue weighted by atomic mass is 35.5. The van der Waals surface area contributed by atoms with Gasteiger partial charge in [-0.2, -0.15) is 0 Å². The molecule has 6 heteroatoms. The Hall–Kier alpha value is -0.480. The van der Waals surface area contributed by atoms with Gasteiger partial charge in [-0.1, -0.05) is 29.3 Å². The quantitative estimate of drug-likeness (QED) is 0.888. The number of halogens is 3. The van der Waals surface area contributed by atoms with E-state index in [4.69, 9.17) is 28.9 Å². The number of benzene rings is 1. The van der Waals surface area contributed by atoms with Crippen molar-refractivity contribution >= 4 is 41.5 Å². The zero-order chi connectivity index (χ0) is 13.8. The molecule has 1 saturated carbocycles. The van der Waals surface area contributed by atoms with Gasteiger partial charge in [0.2, 0.25) is 5.91 Å². The Morgan fingerprint density at radius 2 is 1.85 bits per heavy atom. The lowest BCUT2D eigenvalue weighted by molar-refractivity contribution is -0.121. The number of hydrogen-bond acceptors (Lipinski definition) is 2. The van der Waals surface area contributed by atoms with Gasteiger partial charge in [-0.15, -0.1) is 12.4 Å². The van der Waals surface area contributed by atoms with Crippen LogP contribution in [0.2, 0.25) is 10.0 Å². The fourth-order valence-corrected chi connectivity index (χ4v) is 2.70. The molecule has 0 aliphatic heterocycles. The lowest BCUT2D eigenvalue weighted by Crippen LogP contribution is -2.41. The summed E-state index contributed by atoms with van der Waals surface area (Å²) < 4.78 is 0. The molecule has 1 aliphatic rings. The van der Waals surface area contributed by atoms with Crippen molar-refractivity contribution in [3.63, 3.8) is 0 Å². The van der Waals surface area contributed by atoms with Gasteiger partial charge < -0.3 is 11.1 Å². The van der Waals surface area contributed by atoms with Crippen LogP contribution >= 0.6 is 35.6 Å². The van der Waals surface area contributed by atoms with E-state index in [1.165, 1.54) is 0 Å². The molecule has 3 N–H and O–H groups in total. The van der Waals surface area contributed by atoms with Gasteiger partial charge in [-0.25, -0.2) is 0 Å². The fourth-order valence-electron chi connectivity index (χ4n) is 2.38. The molecule has 0 saturated heterocycles. The zero-order valence-corrected chi connectivity index (χ0v) is 13.4. The average molecular weight is 338 g/mol. The Kier molecular flexibility index (Phi) is 7.10. The maximum absolute atomic E-state index is 11.9. The monoisotopic (exact) mass is 336 g/mol. The van der Waals surface area contributed by atoms with Crippen LogP contribution in [0.25, 0.3) is 0 Å². The topological polar surface area (TPSA) is 55.1 Å². The number of amides is 1. The van der Waals surface area contributed by atoms with Crippen molar-refractivity contribution in [1.82, 2.24) is 5.32 Å². The molecule has 0 unspecified atom stereocenters. The van der Waals surface area contributed by atoms with Gasteiger partial charge in [0, 0.05) is 12.1 Å². The van der Waals surface area contributed by atoms with Crippen LogP contribution in [0.3, 0.4) is 0 Å². The van der Waals surface area contributed by atoms with Gasteiger partial charge in [0.1, 0.15) is 0 Å². The minimum absolute atomic E-state index is 0. The van der Waals surface area contributed by atoms with Crippen LogP contribution in [0.4, 0.5) is 0 Å². The summed E-state index contributed by atoms with van der Waals surface area (Å²) in [5.41, 5.74) is 6.72. The second kappa shape index (κ2) is 8.08. The van der Waals surface area contributed by atoms with Crippen LogP contribution in [0, 0.1) is 0 Å². The summed E-state index contributed by atoms with van der Waals surface area (Å²) in [6.07, 6.45) is 4.23. The van der Waals surface area contributed by atoms with Gasteiger partial charge in [-0.05, 0) is 43.4 Å². The summed E-state index contributed by atoms with van der Waals surface area (Å²) in [7, 11) is 0. The zero-order valence-electron chi connectivity index (χ0n) is 11.1. The third kappa shape index (κ3) is 5.13. The first-order chi connectivity index (χ1) is 9.04. The van der Waals surface area contributed by atoms with E-state index in [9.17, 15) is 4.79 Å². The van der Waals surface area contributed by atoms with E-state index in [2.05, 4.69) is 5.32 Å². The summed E-state index contributed by atoms with van der Waals surface area (Å²) in [6.45, 7) is 0. The summed E-state index contributed by atoms with van der Waals surface area (Å²) in [4.78, 5) is 11.9. The summed E-state index contributed by atoms with van der Waals surface area (Å²) in [5.74, 6) is 0.0267. The predicted molar refractivity (Wildman–Crippen MR) is 85.8 cm³/mol. The van der Waals surface area contributed by atoms with Crippen LogP contribution in [0.5, 0.6) is 0 Å². The molecular formula is C14H19Cl3N2O. The molecule has 2 rings (SSSR count). The molecule has 1 amide bonds. The third-order valence-electron chi connectivity index (χ3n) is 3.49. The van der Waals surface area contributed by atoms with Crippen LogP contribution < -0.4 is 11.1 Å². The van der Waals surface area contributed by atoms with Crippen LogP contribution in [0.1, 0.15) is 31.2 Å². The first-order valence-corrected chi connectivity index (χ1v) is 7.29. The number of hydrogen-bond donors (Lipinski definition) is 2. The van der Waals surface area contributed by atoms with E-state index in [1.54, 1.807) is 12.1 Å². The molecule has 1 aromatic rings. The molecule has 3 nitrogen and oxygen atoms in total. The van der Waals surface area contributed by atoms with E-state index < -0.39 is 0 Å². The van der Waals surface area contributed by atoms with Crippen LogP contribution in [-0.4, -0.2) is 18.0 Å². The number of carbonyl (C=O) groups is 1. The second-order valence-corrected chi connectivity index (χ2v) is 5.92. The van der Waals surface area contributed by atoms with E-state index >= 15 is 0 Å². The first-order valence-electron chi connectivity index (χ1n) is 6.53. The number of nitrogens with two attached hydrogens (primary N) is 1. The van der Waals surface area contributed by atoms with Crippen molar-refractivity contribution in [3.05, 3.63) is 33.8 Å². The number of rotatable bonds is 3. The van der Waals surface area contributed by atoms with Gasteiger partial charge in [0.05, 0.1) is 16.5 Å². The minimum Gasteiger partial charge on any atom is -0.353 e. The van der Waals surface area contributed by atoms with Crippen molar-refractivity contribution < 1.29 is 4.79 Å². The summed E-state index contributed by atoms with van der Waals surface area (Å²) in [6, 6.07) is 5.83. The molecule has 0 atom stereocenters. The highest BCUT2D eigenvalue weighted by molar-refractivity contribution is 6.42. The smallest absolute Gasteiger partial charge is 0.224 e. The number of carbonyl (C=O) groups excluding carboxylic acids is 1. The van der Waals surface area contributed by atoms with Crippen LogP contribution in [-0.2, 0) is 11.2 Å². The molecule has 0 radical (unpaired) electrons. The van der Waals surface area contributed by atoms with E-state index in [1.807, 2.05) is 6.07 Å². The van der Waals surface area contributed by atoms with Gasteiger partial charge in [0.15, 0.2) is 0 Å². The number of nitrogens with one attached hydrogen (secondary N) is 1. The van der Waals surface area contributed by atoms with Crippen molar-refractivity contribution in [2.24, 2.45) is 5.73 Å². The molecule has 0 aromatic heterocycles. The Balaban J connectivity index is 0.00000200. The first kappa shape index (κ1) is 17.6. The van der Waals surface area contributed by atoms with Gasteiger partial charge in [-0.3, -0.25) is 4.79 Å².